The third kappa shape index (κ3) is 2.37. The fourth-order valence-corrected chi connectivity index (χ4v) is 2.30. The Bertz CT molecular complexity index is 509. The second-order valence-electron chi connectivity index (χ2n) is 4.68. The molecule has 0 aromatic heterocycles. The second-order valence-corrected chi connectivity index (χ2v) is 4.68. The zero-order valence-corrected chi connectivity index (χ0v) is 10.7. The molecule has 0 aliphatic rings. The lowest BCUT2D eigenvalue weighted by atomic mass is 9.72. The number of rotatable bonds is 4. The quantitative estimate of drug-likeness (QED) is 0.883. The summed E-state index contributed by atoms with van der Waals surface area (Å²) in [5.41, 5.74) is 0.571. The molecule has 3 heteroatoms. The van der Waals surface area contributed by atoms with Gasteiger partial charge in [0.2, 0.25) is 0 Å². The molecule has 2 N–H and O–H groups in total. The van der Waals surface area contributed by atoms with Crippen LogP contribution in [0.15, 0.2) is 60.7 Å². The van der Waals surface area contributed by atoms with Crippen LogP contribution in [0.5, 0.6) is 0 Å². The lowest BCUT2D eigenvalue weighted by molar-refractivity contribution is -0.149. The molecule has 0 amide bonds. The molecule has 0 fully saturated rings. The highest BCUT2D eigenvalue weighted by Gasteiger charge is 2.40. The molecule has 2 rings (SSSR count). The summed E-state index contributed by atoms with van der Waals surface area (Å²) in [7, 11) is 0. The van der Waals surface area contributed by atoms with E-state index in [9.17, 15) is 15.0 Å². The highest BCUT2D eigenvalue weighted by atomic mass is 16.4. The van der Waals surface area contributed by atoms with E-state index in [2.05, 4.69) is 0 Å². The van der Waals surface area contributed by atoms with Crippen molar-refractivity contribution in [3.05, 3.63) is 71.8 Å². The van der Waals surface area contributed by atoms with E-state index in [1.54, 1.807) is 6.92 Å². The van der Waals surface area contributed by atoms with E-state index < -0.39 is 17.5 Å². The van der Waals surface area contributed by atoms with Gasteiger partial charge in [-0.05, 0) is 18.1 Å². The zero-order chi connectivity index (χ0) is 13.9. The minimum absolute atomic E-state index is 0.774. The maximum absolute atomic E-state index is 11.2. The van der Waals surface area contributed by atoms with Crippen molar-refractivity contribution in [3.8, 4) is 0 Å². The Morgan fingerprint density at radius 3 is 1.63 bits per heavy atom. The highest BCUT2D eigenvalue weighted by Crippen LogP contribution is 2.35. The van der Waals surface area contributed by atoms with Crippen molar-refractivity contribution in [1.29, 1.82) is 0 Å². The van der Waals surface area contributed by atoms with Crippen LogP contribution < -0.4 is 0 Å². The lowest BCUT2D eigenvalue weighted by Crippen LogP contribution is -2.43. The monoisotopic (exact) mass is 256 g/mol. The van der Waals surface area contributed by atoms with Crippen LogP contribution in [0.3, 0.4) is 0 Å². The molecule has 1 atom stereocenters. The molecular weight excluding hydrogens is 240 g/mol. The maximum atomic E-state index is 11.2. The standard InChI is InChI=1S/C16H16O3/c1-16(14(17)15(18)19,12-8-4-2-5-9-12)13-10-6-3-7-11-13/h2-11,14,17H,1H3,(H,18,19). The van der Waals surface area contributed by atoms with Gasteiger partial charge in [-0.3, -0.25) is 0 Å². The van der Waals surface area contributed by atoms with Crippen LogP contribution in [-0.2, 0) is 10.2 Å². The van der Waals surface area contributed by atoms with Crippen molar-refractivity contribution >= 4 is 5.97 Å². The largest absolute Gasteiger partial charge is 0.479 e. The van der Waals surface area contributed by atoms with Gasteiger partial charge in [0.05, 0.1) is 5.41 Å². The number of carboxylic acids is 1. The number of benzene rings is 2. The number of aliphatic hydroxyl groups excluding tert-OH is 1. The first-order valence-electron chi connectivity index (χ1n) is 6.08. The summed E-state index contributed by atoms with van der Waals surface area (Å²) in [5.74, 6) is -1.23. The SMILES string of the molecule is CC(c1ccccc1)(c1ccccc1)C(O)C(=O)O. The third-order valence-corrected chi connectivity index (χ3v) is 3.53. The highest BCUT2D eigenvalue weighted by molar-refractivity contribution is 5.76. The van der Waals surface area contributed by atoms with Crippen molar-refractivity contribution in [2.75, 3.05) is 0 Å². The summed E-state index contributed by atoms with van der Waals surface area (Å²) < 4.78 is 0. The Morgan fingerprint density at radius 1 is 0.947 bits per heavy atom. The maximum Gasteiger partial charge on any atom is 0.333 e. The van der Waals surface area contributed by atoms with E-state index in [0.29, 0.717) is 0 Å². The van der Waals surface area contributed by atoms with Crippen LogP contribution in [0.4, 0.5) is 0 Å². The fourth-order valence-electron chi connectivity index (χ4n) is 2.30. The van der Waals surface area contributed by atoms with Gasteiger partial charge in [0.15, 0.2) is 6.10 Å². The average molecular weight is 256 g/mol. The predicted molar refractivity (Wildman–Crippen MR) is 73.0 cm³/mol. The summed E-state index contributed by atoms with van der Waals surface area (Å²) in [5, 5.41) is 19.3. The van der Waals surface area contributed by atoms with Crippen LogP contribution in [-0.4, -0.2) is 22.3 Å². The molecule has 0 saturated heterocycles. The topological polar surface area (TPSA) is 57.5 Å². The van der Waals surface area contributed by atoms with Crippen molar-refractivity contribution in [2.45, 2.75) is 18.4 Å². The molecule has 0 radical (unpaired) electrons. The molecule has 2 aromatic rings. The van der Waals surface area contributed by atoms with Crippen LogP contribution in [0.2, 0.25) is 0 Å². The molecule has 0 bridgehead atoms. The summed E-state index contributed by atoms with van der Waals surface area (Å²) in [6, 6.07) is 18.4. The van der Waals surface area contributed by atoms with Gasteiger partial charge in [0.1, 0.15) is 0 Å². The number of carboxylic acid groups (broad SMARTS) is 1. The van der Waals surface area contributed by atoms with Gasteiger partial charge in [0, 0.05) is 0 Å². The van der Waals surface area contributed by atoms with Gasteiger partial charge in [-0.1, -0.05) is 60.7 Å². The Hall–Kier alpha value is -2.13. The number of aliphatic hydroxyl groups is 1. The smallest absolute Gasteiger partial charge is 0.333 e. The minimum Gasteiger partial charge on any atom is -0.479 e. The molecule has 98 valence electrons. The van der Waals surface area contributed by atoms with Gasteiger partial charge in [-0.15, -0.1) is 0 Å². The molecule has 0 heterocycles. The number of hydrogen-bond acceptors (Lipinski definition) is 2. The Kier molecular flexibility index (Phi) is 3.67. The molecular formula is C16H16O3. The Morgan fingerprint density at radius 2 is 1.32 bits per heavy atom. The van der Waals surface area contributed by atoms with Gasteiger partial charge < -0.3 is 10.2 Å². The van der Waals surface area contributed by atoms with Crippen LogP contribution in [0.25, 0.3) is 0 Å². The lowest BCUT2D eigenvalue weighted by Gasteiger charge is -2.33. The molecule has 3 nitrogen and oxygen atoms in total. The molecule has 0 saturated carbocycles. The Labute approximate surface area is 112 Å². The fraction of sp³-hybridized carbons (Fsp3) is 0.188. The first-order valence-corrected chi connectivity index (χ1v) is 6.08. The van der Waals surface area contributed by atoms with E-state index in [-0.39, 0.29) is 0 Å². The van der Waals surface area contributed by atoms with Crippen LogP contribution in [0, 0.1) is 0 Å². The van der Waals surface area contributed by atoms with Crippen molar-refractivity contribution in [2.24, 2.45) is 0 Å². The van der Waals surface area contributed by atoms with Gasteiger partial charge in [-0.25, -0.2) is 4.79 Å². The minimum atomic E-state index is -1.50. The normalized spacial score (nSPS) is 12.9. The first-order chi connectivity index (χ1) is 9.06. The Balaban J connectivity index is 2.61. The van der Waals surface area contributed by atoms with Crippen molar-refractivity contribution in [3.63, 3.8) is 0 Å². The predicted octanol–water partition coefficient (Wildman–Crippen LogP) is 2.44. The summed E-state index contributed by atoms with van der Waals surface area (Å²) in [6.45, 7) is 1.75. The summed E-state index contributed by atoms with van der Waals surface area (Å²) >= 11 is 0. The number of hydrogen-bond donors (Lipinski definition) is 2. The van der Waals surface area contributed by atoms with E-state index in [1.165, 1.54) is 0 Å². The van der Waals surface area contributed by atoms with E-state index in [0.717, 1.165) is 11.1 Å². The van der Waals surface area contributed by atoms with Crippen LogP contribution >= 0.6 is 0 Å². The first kappa shape index (κ1) is 13.3. The van der Waals surface area contributed by atoms with E-state index >= 15 is 0 Å². The van der Waals surface area contributed by atoms with Crippen molar-refractivity contribution in [1.82, 2.24) is 0 Å². The molecule has 0 spiro atoms. The molecule has 0 aliphatic heterocycles. The van der Waals surface area contributed by atoms with E-state index in [1.807, 2.05) is 60.7 Å². The molecule has 2 aromatic carbocycles. The van der Waals surface area contributed by atoms with Gasteiger partial charge in [0.25, 0.3) is 0 Å². The number of aliphatic carboxylic acids is 1. The number of carbonyl (C=O) groups is 1. The van der Waals surface area contributed by atoms with E-state index in [4.69, 9.17) is 0 Å². The molecule has 19 heavy (non-hydrogen) atoms. The summed E-state index contributed by atoms with van der Waals surface area (Å²) in [4.78, 5) is 11.2. The van der Waals surface area contributed by atoms with Crippen molar-refractivity contribution < 1.29 is 15.0 Å². The summed E-state index contributed by atoms with van der Waals surface area (Å²) in [6.07, 6.45) is -1.50. The molecule has 1 unspecified atom stereocenters. The molecule has 0 aliphatic carbocycles. The average Bonchev–Trinajstić information content (AvgIpc) is 2.47. The van der Waals surface area contributed by atoms with Gasteiger partial charge in [-0.2, -0.15) is 0 Å². The van der Waals surface area contributed by atoms with Gasteiger partial charge >= 0.3 is 5.97 Å². The third-order valence-electron chi connectivity index (χ3n) is 3.53. The van der Waals surface area contributed by atoms with Crippen LogP contribution in [0.1, 0.15) is 18.1 Å². The zero-order valence-electron chi connectivity index (χ0n) is 10.7. The second kappa shape index (κ2) is 5.24.